The van der Waals surface area contributed by atoms with E-state index in [2.05, 4.69) is 110 Å². The maximum absolute atomic E-state index is 6.35. The summed E-state index contributed by atoms with van der Waals surface area (Å²) in [6.07, 6.45) is 0. The van der Waals surface area contributed by atoms with Crippen molar-refractivity contribution >= 4 is 60.0 Å². The Morgan fingerprint density at radius 3 is 1.14 bits per heavy atom. The molecule has 3 fully saturated rings. The number of rotatable bonds is 4. The fourth-order valence-electron chi connectivity index (χ4n) is 8.04. The summed E-state index contributed by atoms with van der Waals surface area (Å²) in [6, 6.07) is 33.2. The lowest BCUT2D eigenvalue weighted by molar-refractivity contribution is 0.00578. The number of halogens is 1. The normalized spacial score (nSPS) is 19.9. The van der Waals surface area contributed by atoms with Crippen LogP contribution >= 0.6 is 11.6 Å². The highest BCUT2D eigenvalue weighted by molar-refractivity contribution is 7.11. The molecule has 0 amide bonds. The van der Waals surface area contributed by atoms with Crippen LogP contribution in [0.3, 0.4) is 0 Å². The summed E-state index contributed by atoms with van der Waals surface area (Å²) >= 11 is 6.35. The quantitative estimate of drug-likeness (QED) is 0.162. The molecule has 12 heteroatoms. The van der Waals surface area contributed by atoms with Gasteiger partial charge in [0, 0.05) is 16.5 Å². The average Bonchev–Trinajstić information content (AvgIpc) is 3.66. The third-order valence-electron chi connectivity index (χ3n) is 13.7. The van der Waals surface area contributed by atoms with Gasteiger partial charge in [-0.2, -0.15) is 0 Å². The van der Waals surface area contributed by atoms with Crippen molar-refractivity contribution in [3.05, 3.63) is 124 Å². The zero-order valence-electron chi connectivity index (χ0n) is 40.7. The molecule has 5 heterocycles. The van der Waals surface area contributed by atoms with Gasteiger partial charge in [-0.3, -0.25) is 0 Å². The standard InChI is InChI=1S/C23H26BNO2.C17H14ClN.C12H24B2O4/c1-15-11-16(2)13-17(12-15)21-14-19(18-9-7-8-10-20(18)25-21)24-26-22(3,4)23(5,6)27-24;1-11-7-12(2)9-13(8-11)17-10-15(18)14-5-3-4-6-16(14)19-17;1-9(2)10(3,4)16-13(15-9)14-17-11(5,6)12(7,8)18-14/h7-14H,1-6H3;3-10H,1-2H3;1-8H3. The highest BCUT2D eigenvalue weighted by Gasteiger charge is 2.63. The molecule has 6 aromatic rings. The van der Waals surface area contributed by atoms with Crippen LogP contribution in [0.1, 0.15) is 105 Å². The topological polar surface area (TPSA) is 81.2 Å². The summed E-state index contributed by atoms with van der Waals surface area (Å²) in [5, 5.41) is 2.82. The molecule has 9 rings (SSSR count). The van der Waals surface area contributed by atoms with Gasteiger partial charge in [0.15, 0.2) is 0 Å². The number of aromatic nitrogens is 2. The molecule has 334 valence electrons. The number of para-hydroxylation sites is 2. The largest absolute Gasteiger partial charge is 0.495 e. The first kappa shape index (κ1) is 47.9. The minimum atomic E-state index is -0.476. The summed E-state index contributed by atoms with van der Waals surface area (Å²) in [7, 11) is -1.36. The van der Waals surface area contributed by atoms with Gasteiger partial charge in [0.1, 0.15) is 0 Å². The minimum Gasteiger partial charge on any atom is -0.405 e. The van der Waals surface area contributed by atoms with Crippen LogP contribution in [0.5, 0.6) is 0 Å². The van der Waals surface area contributed by atoms with E-state index in [1.54, 1.807) is 0 Å². The van der Waals surface area contributed by atoms with Gasteiger partial charge in [0.2, 0.25) is 0 Å². The Bertz CT molecular complexity index is 2580. The lowest BCUT2D eigenvalue weighted by Gasteiger charge is -2.32. The molecular formula is C52H64B3ClN2O6. The maximum atomic E-state index is 6.35. The van der Waals surface area contributed by atoms with Crippen molar-refractivity contribution in [3.63, 3.8) is 0 Å². The molecule has 3 aliphatic rings. The van der Waals surface area contributed by atoms with E-state index in [1.807, 2.05) is 97.9 Å². The van der Waals surface area contributed by atoms with Gasteiger partial charge < -0.3 is 27.9 Å². The monoisotopic (exact) mass is 880 g/mol. The van der Waals surface area contributed by atoms with Crippen LogP contribution < -0.4 is 5.46 Å². The van der Waals surface area contributed by atoms with Gasteiger partial charge >= 0.3 is 21.1 Å². The van der Waals surface area contributed by atoms with Crippen LogP contribution in [0.4, 0.5) is 0 Å². The Hall–Kier alpha value is -4.06. The number of fused-ring (bicyclic) bond motifs is 2. The van der Waals surface area contributed by atoms with E-state index in [9.17, 15) is 0 Å². The fourth-order valence-corrected chi connectivity index (χ4v) is 8.30. The van der Waals surface area contributed by atoms with Gasteiger partial charge in [0.05, 0.1) is 61.1 Å². The molecule has 0 spiro atoms. The Kier molecular flexibility index (Phi) is 12.9. The molecule has 0 bridgehead atoms. The van der Waals surface area contributed by atoms with Gasteiger partial charge in [-0.25, -0.2) is 9.97 Å². The van der Waals surface area contributed by atoms with E-state index >= 15 is 0 Å². The van der Waals surface area contributed by atoms with Crippen molar-refractivity contribution in [1.82, 2.24) is 9.97 Å². The second-order valence-electron chi connectivity index (χ2n) is 20.7. The number of pyridine rings is 2. The van der Waals surface area contributed by atoms with E-state index < -0.39 is 21.1 Å². The third kappa shape index (κ3) is 9.73. The Balaban J connectivity index is 0.000000148. The van der Waals surface area contributed by atoms with Crippen molar-refractivity contribution in [2.24, 2.45) is 0 Å². The van der Waals surface area contributed by atoms with Crippen molar-refractivity contribution < 1.29 is 27.9 Å². The van der Waals surface area contributed by atoms with E-state index in [0.717, 1.165) is 54.8 Å². The molecule has 3 aliphatic heterocycles. The van der Waals surface area contributed by atoms with E-state index in [-0.39, 0.29) is 33.6 Å². The van der Waals surface area contributed by atoms with Crippen LogP contribution in [0.15, 0.2) is 97.1 Å². The van der Waals surface area contributed by atoms with Crippen LogP contribution in [-0.2, 0) is 27.9 Å². The first-order valence-electron chi connectivity index (χ1n) is 22.4. The van der Waals surface area contributed by atoms with Crippen molar-refractivity contribution in [1.29, 1.82) is 0 Å². The van der Waals surface area contributed by atoms with E-state index in [1.165, 1.54) is 22.3 Å². The fraction of sp³-hybridized carbons (Fsp3) is 0.423. The van der Waals surface area contributed by atoms with Crippen LogP contribution in [0.2, 0.25) is 5.02 Å². The van der Waals surface area contributed by atoms with Crippen LogP contribution in [-0.4, -0.2) is 64.7 Å². The lowest BCUT2D eigenvalue weighted by atomic mass is 9.49. The summed E-state index contributed by atoms with van der Waals surface area (Å²) in [5.74, 6) is 0. The smallest absolute Gasteiger partial charge is 0.405 e. The molecule has 64 heavy (non-hydrogen) atoms. The first-order chi connectivity index (χ1) is 29.7. The van der Waals surface area contributed by atoms with Crippen molar-refractivity contribution in [2.75, 3.05) is 0 Å². The number of hydrogen-bond acceptors (Lipinski definition) is 8. The van der Waals surface area contributed by atoms with E-state index in [0.29, 0.717) is 0 Å². The number of nitrogens with zero attached hydrogens (tertiary/aromatic N) is 2. The molecule has 0 unspecified atom stereocenters. The van der Waals surface area contributed by atoms with Crippen molar-refractivity contribution in [2.45, 2.75) is 144 Å². The number of aryl methyl sites for hydroxylation is 4. The summed E-state index contributed by atoms with van der Waals surface area (Å²) in [6.45, 7) is 33.0. The molecule has 0 N–H and O–H groups in total. The molecular weight excluding hydrogens is 816 g/mol. The summed E-state index contributed by atoms with van der Waals surface area (Å²) in [5.41, 5.74) is 9.80. The summed E-state index contributed by atoms with van der Waals surface area (Å²) < 4.78 is 36.5. The van der Waals surface area contributed by atoms with E-state index in [4.69, 9.17) is 49.5 Å². The SMILES string of the molecule is CC1(C)OB(B2OC(C)(C)C(C)(C)O2)OC1(C)C.Cc1cc(C)cc(-c2cc(B3OC(C)(C)C(C)(C)O3)c3ccccc3n2)c1.Cc1cc(C)cc(-c2cc(Cl)c3ccccc3n2)c1. The van der Waals surface area contributed by atoms with Gasteiger partial charge in [-0.15, -0.1) is 0 Å². The van der Waals surface area contributed by atoms with Crippen LogP contribution in [0, 0.1) is 27.7 Å². The Morgan fingerprint density at radius 1 is 0.406 bits per heavy atom. The second-order valence-corrected chi connectivity index (χ2v) is 21.1. The minimum absolute atomic E-state index is 0.360. The van der Waals surface area contributed by atoms with Gasteiger partial charge in [0.25, 0.3) is 0 Å². The zero-order valence-corrected chi connectivity index (χ0v) is 41.4. The molecule has 0 aliphatic carbocycles. The molecule has 3 saturated heterocycles. The average molecular weight is 881 g/mol. The van der Waals surface area contributed by atoms with Crippen LogP contribution in [0.25, 0.3) is 44.3 Å². The van der Waals surface area contributed by atoms with Gasteiger partial charge in [-0.1, -0.05) is 82.4 Å². The van der Waals surface area contributed by atoms with Gasteiger partial charge in [-0.05, 0) is 170 Å². The lowest BCUT2D eigenvalue weighted by Crippen LogP contribution is -2.41. The Morgan fingerprint density at radius 2 is 0.734 bits per heavy atom. The second kappa shape index (κ2) is 17.3. The molecule has 4 aromatic carbocycles. The molecule has 0 saturated carbocycles. The zero-order chi connectivity index (χ0) is 46.8. The third-order valence-corrected chi connectivity index (χ3v) is 14.0. The molecule has 0 radical (unpaired) electrons. The molecule has 8 nitrogen and oxygen atoms in total. The molecule has 2 aromatic heterocycles. The predicted molar refractivity (Wildman–Crippen MR) is 266 cm³/mol. The Labute approximate surface area is 387 Å². The number of benzene rings is 4. The predicted octanol–water partition coefficient (Wildman–Crippen LogP) is 12.2. The first-order valence-corrected chi connectivity index (χ1v) is 22.7. The summed E-state index contributed by atoms with van der Waals surface area (Å²) in [4.78, 5) is 9.63. The van der Waals surface area contributed by atoms with Crippen molar-refractivity contribution in [3.8, 4) is 22.5 Å². The molecule has 0 atom stereocenters. The highest BCUT2D eigenvalue weighted by atomic mass is 35.5. The highest BCUT2D eigenvalue weighted by Crippen LogP contribution is 2.43. The maximum Gasteiger partial charge on any atom is 0.495 e. The number of hydrogen-bond donors (Lipinski definition) is 0.